The normalized spacial score (nSPS) is 27.8. The fraction of sp³-hybridized carbons (Fsp3) is 0.559. The Hall–Kier alpha value is -2.75. The van der Waals surface area contributed by atoms with Crippen LogP contribution in [0.3, 0.4) is 0 Å². The van der Waals surface area contributed by atoms with Crippen LogP contribution in [0.2, 0.25) is 0 Å². The van der Waals surface area contributed by atoms with Gasteiger partial charge in [-0.25, -0.2) is 0 Å². The predicted molar refractivity (Wildman–Crippen MR) is 152 cm³/mol. The average molecular weight is 514 g/mol. The molecule has 5 aliphatic carbocycles. The number of benzene rings is 2. The van der Waals surface area contributed by atoms with Crippen LogP contribution < -0.4 is 10.1 Å². The Bertz CT molecular complexity index is 1100. The molecule has 0 heterocycles. The first kappa shape index (κ1) is 25.5. The van der Waals surface area contributed by atoms with Crippen LogP contribution >= 0.6 is 0 Å². The molecule has 2 aromatic carbocycles. The van der Waals surface area contributed by atoms with Crippen molar-refractivity contribution in [3.63, 3.8) is 0 Å². The summed E-state index contributed by atoms with van der Waals surface area (Å²) >= 11 is 0. The Kier molecular flexibility index (Phi) is 7.50. The molecule has 0 unspecified atom stereocenters. The van der Waals surface area contributed by atoms with Crippen LogP contribution in [0.1, 0.15) is 94.6 Å². The Morgan fingerprint density at radius 1 is 0.816 bits per heavy atom. The van der Waals surface area contributed by atoms with Gasteiger partial charge in [-0.15, -0.1) is 0 Å². The van der Waals surface area contributed by atoms with E-state index < -0.39 is 0 Å². The topological polar surface area (TPSA) is 58.6 Å². The van der Waals surface area contributed by atoms with Gasteiger partial charge in [-0.05, 0) is 136 Å². The maximum atomic E-state index is 13.1. The predicted octanol–water partition coefficient (Wildman–Crippen LogP) is 7.65. The minimum absolute atomic E-state index is 0.0427. The third-order valence-electron chi connectivity index (χ3n) is 9.75. The number of unbranched alkanes of at least 4 members (excludes halogenated alkanes) is 1. The summed E-state index contributed by atoms with van der Waals surface area (Å²) in [5.74, 6) is 3.96. The minimum atomic E-state index is -0.0427. The van der Waals surface area contributed by atoms with Gasteiger partial charge in [0, 0.05) is 12.0 Å². The van der Waals surface area contributed by atoms with Gasteiger partial charge in [-0.3, -0.25) is 4.79 Å². The number of phenols is 1. The highest BCUT2D eigenvalue weighted by molar-refractivity contribution is 5.83. The largest absolute Gasteiger partial charge is 0.508 e. The lowest BCUT2D eigenvalue weighted by molar-refractivity contribution is -0.146. The third-order valence-corrected chi connectivity index (χ3v) is 9.75. The first-order valence-electron chi connectivity index (χ1n) is 15.1. The van der Waals surface area contributed by atoms with Crippen molar-refractivity contribution in [2.24, 2.45) is 23.2 Å². The first-order valence-corrected chi connectivity index (χ1v) is 15.1. The summed E-state index contributed by atoms with van der Waals surface area (Å²) in [6.07, 6.45) is 15.5. The van der Waals surface area contributed by atoms with E-state index in [1.807, 2.05) is 12.1 Å². The molecule has 2 aromatic rings. The van der Waals surface area contributed by atoms with Crippen LogP contribution in [-0.2, 0) is 4.79 Å². The molecule has 202 valence electrons. The molecule has 1 amide bonds. The molecule has 0 saturated heterocycles. The summed E-state index contributed by atoms with van der Waals surface area (Å²) in [6, 6.07) is 16.1. The second-order valence-electron chi connectivity index (χ2n) is 12.6. The summed E-state index contributed by atoms with van der Waals surface area (Å²) in [6.45, 7) is 1.42. The number of carbonyl (C=O) groups is 1. The van der Waals surface area contributed by atoms with Crippen LogP contribution in [0, 0.1) is 23.2 Å². The minimum Gasteiger partial charge on any atom is -0.508 e. The SMILES string of the molecule is O=C(NCCCCOc1ccc(C(=C2CCCCC2)c2ccc(O)cc2)cc1)C12CC3CC(CC(C3)C1)C2. The number of hydrogen-bond donors (Lipinski definition) is 2. The van der Waals surface area contributed by atoms with Crippen molar-refractivity contribution in [3.8, 4) is 11.5 Å². The van der Waals surface area contributed by atoms with Gasteiger partial charge >= 0.3 is 0 Å². The van der Waals surface area contributed by atoms with Crippen molar-refractivity contribution in [3.05, 3.63) is 65.2 Å². The lowest BCUT2D eigenvalue weighted by atomic mass is 9.49. The van der Waals surface area contributed by atoms with Gasteiger partial charge in [0.15, 0.2) is 0 Å². The van der Waals surface area contributed by atoms with Gasteiger partial charge in [-0.2, -0.15) is 0 Å². The van der Waals surface area contributed by atoms with Crippen LogP contribution in [0.4, 0.5) is 0 Å². The molecule has 0 radical (unpaired) electrons. The van der Waals surface area contributed by atoms with Crippen molar-refractivity contribution in [1.29, 1.82) is 0 Å². The first-order chi connectivity index (χ1) is 18.6. The van der Waals surface area contributed by atoms with E-state index in [1.165, 1.54) is 60.8 Å². The average Bonchev–Trinajstić information content (AvgIpc) is 2.92. The van der Waals surface area contributed by atoms with Gasteiger partial charge in [0.25, 0.3) is 0 Å². The van der Waals surface area contributed by atoms with Crippen molar-refractivity contribution >= 4 is 11.5 Å². The van der Waals surface area contributed by atoms with Crippen LogP contribution in [-0.4, -0.2) is 24.2 Å². The highest BCUT2D eigenvalue weighted by Crippen LogP contribution is 2.60. The van der Waals surface area contributed by atoms with Gasteiger partial charge < -0.3 is 15.2 Å². The molecule has 5 aliphatic rings. The van der Waals surface area contributed by atoms with Crippen molar-refractivity contribution in [1.82, 2.24) is 5.32 Å². The van der Waals surface area contributed by atoms with E-state index in [0.29, 0.717) is 18.3 Å². The number of rotatable bonds is 9. The highest BCUT2D eigenvalue weighted by atomic mass is 16.5. The number of allylic oxidation sites excluding steroid dienone is 1. The molecule has 0 aliphatic heterocycles. The van der Waals surface area contributed by atoms with E-state index in [2.05, 4.69) is 29.6 Å². The lowest BCUT2D eigenvalue weighted by Gasteiger charge is -2.55. The molecular formula is C34H43NO3. The second kappa shape index (κ2) is 11.2. The zero-order valence-electron chi connectivity index (χ0n) is 22.7. The smallest absolute Gasteiger partial charge is 0.226 e. The molecule has 4 heteroatoms. The highest BCUT2D eigenvalue weighted by Gasteiger charge is 2.54. The van der Waals surface area contributed by atoms with E-state index in [9.17, 15) is 9.90 Å². The van der Waals surface area contributed by atoms with E-state index in [1.54, 1.807) is 12.1 Å². The quantitative estimate of drug-likeness (QED) is 0.339. The van der Waals surface area contributed by atoms with E-state index in [4.69, 9.17) is 4.74 Å². The van der Waals surface area contributed by atoms with E-state index in [-0.39, 0.29) is 5.41 Å². The number of nitrogens with one attached hydrogen (secondary N) is 1. The van der Waals surface area contributed by atoms with Gasteiger partial charge in [-0.1, -0.05) is 36.3 Å². The zero-order valence-corrected chi connectivity index (χ0v) is 22.7. The molecule has 4 bridgehead atoms. The van der Waals surface area contributed by atoms with E-state index in [0.717, 1.165) is 75.0 Å². The lowest BCUT2D eigenvalue weighted by Crippen LogP contribution is -2.53. The van der Waals surface area contributed by atoms with Crippen LogP contribution in [0.15, 0.2) is 54.1 Å². The number of carbonyl (C=O) groups excluding carboxylic acids is 1. The molecule has 5 saturated carbocycles. The van der Waals surface area contributed by atoms with Crippen LogP contribution in [0.25, 0.3) is 5.57 Å². The molecule has 7 rings (SSSR count). The van der Waals surface area contributed by atoms with Crippen LogP contribution in [0.5, 0.6) is 11.5 Å². The Labute approximate surface area is 227 Å². The molecule has 0 aromatic heterocycles. The van der Waals surface area contributed by atoms with Crippen molar-refractivity contribution < 1.29 is 14.6 Å². The number of aromatic hydroxyl groups is 1. The maximum Gasteiger partial charge on any atom is 0.226 e. The fourth-order valence-electron chi connectivity index (χ4n) is 8.34. The Morgan fingerprint density at radius 3 is 2.00 bits per heavy atom. The number of amides is 1. The molecule has 0 atom stereocenters. The fourth-order valence-corrected chi connectivity index (χ4v) is 8.34. The molecular weight excluding hydrogens is 470 g/mol. The Balaban J connectivity index is 0.987. The third kappa shape index (κ3) is 5.51. The summed E-state index contributed by atoms with van der Waals surface area (Å²) in [7, 11) is 0. The van der Waals surface area contributed by atoms with Gasteiger partial charge in [0.05, 0.1) is 6.61 Å². The molecule has 38 heavy (non-hydrogen) atoms. The summed E-state index contributed by atoms with van der Waals surface area (Å²) in [5, 5.41) is 13.1. The zero-order chi connectivity index (χ0) is 26.0. The Morgan fingerprint density at radius 2 is 1.39 bits per heavy atom. The summed E-state index contributed by atoms with van der Waals surface area (Å²) in [5.41, 5.74) is 5.17. The van der Waals surface area contributed by atoms with Gasteiger partial charge in [0.2, 0.25) is 5.91 Å². The number of phenolic OH excluding ortho intramolecular Hbond substituents is 1. The van der Waals surface area contributed by atoms with Crippen molar-refractivity contribution in [2.75, 3.05) is 13.2 Å². The molecule has 0 spiro atoms. The summed E-state index contributed by atoms with van der Waals surface area (Å²) < 4.78 is 6.05. The summed E-state index contributed by atoms with van der Waals surface area (Å²) in [4.78, 5) is 13.1. The van der Waals surface area contributed by atoms with E-state index >= 15 is 0 Å². The monoisotopic (exact) mass is 513 g/mol. The number of ether oxygens (including phenoxy) is 1. The molecule has 5 fully saturated rings. The molecule has 2 N–H and O–H groups in total. The van der Waals surface area contributed by atoms with Crippen molar-refractivity contribution in [2.45, 2.75) is 83.5 Å². The molecule has 4 nitrogen and oxygen atoms in total. The maximum absolute atomic E-state index is 13.1. The standard InChI is InChI=1S/C34H43NO3/c36-30-12-8-28(9-13-30)32(27-6-2-1-3-7-27)29-10-14-31(15-11-29)38-17-5-4-16-35-33(37)34-21-24-18-25(22-34)20-26(19-24)23-34/h8-15,24-26,36H,1-7,16-23H2,(H,35,37). The number of hydrogen-bond acceptors (Lipinski definition) is 3. The second-order valence-corrected chi connectivity index (χ2v) is 12.6. The van der Waals surface area contributed by atoms with Gasteiger partial charge in [0.1, 0.15) is 11.5 Å².